The molecule has 344 valence electrons. The van der Waals surface area contributed by atoms with Crippen LogP contribution >= 0.6 is 0 Å². The number of benzene rings is 3. The van der Waals surface area contributed by atoms with Crippen LogP contribution in [0.25, 0.3) is 0 Å². The minimum atomic E-state index is -1.57. The fourth-order valence-electron chi connectivity index (χ4n) is 9.22. The summed E-state index contributed by atoms with van der Waals surface area (Å²) in [6.45, 7) is 14.1. The van der Waals surface area contributed by atoms with Gasteiger partial charge in [-0.2, -0.15) is 0 Å². The highest BCUT2D eigenvalue weighted by Gasteiger charge is 2.65. The van der Waals surface area contributed by atoms with E-state index < -0.39 is 41.4 Å². The normalized spacial score (nSPS) is 22.8. The Hall–Kier alpha value is -5.50. The third-order valence-corrected chi connectivity index (χ3v) is 12.0. The Kier molecular flexibility index (Phi) is 16.8. The number of unbranched alkanes of at least 4 members (excludes halogenated alkanes) is 2. The lowest BCUT2D eigenvalue weighted by atomic mass is 9.55. The molecule has 0 spiro atoms. The number of nitrogens with zero attached hydrogens (tertiary/aromatic N) is 2. The van der Waals surface area contributed by atoms with Crippen molar-refractivity contribution in [1.82, 2.24) is 10.2 Å². The molecule has 1 heterocycles. The highest BCUT2D eigenvalue weighted by atomic mass is 19.1. The van der Waals surface area contributed by atoms with Crippen molar-refractivity contribution in [2.75, 3.05) is 26.4 Å². The number of nitrogens with one attached hydrogen (secondary N) is 1. The highest BCUT2D eigenvalue weighted by Crippen LogP contribution is 2.62. The van der Waals surface area contributed by atoms with E-state index in [0.717, 1.165) is 36.0 Å². The van der Waals surface area contributed by atoms with Crippen molar-refractivity contribution in [3.05, 3.63) is 132 Å². The molecule has 3 aromatic rings. The van der Waals surface area contributed by atoms with Crippen LogP contribution in [-0.2, 0) is 27.4 Å². The van der Waals surface area contributed by atoms with Crippen LogP contribution in [0.4, 0.5) is 14.0 Å². The second-order valence-electron chi connectivity index (χ2n) is 17.7. The smallest absolute Gasteiger partial charge is 0.412 e. The lowest BCUT2D eigenvalue weighted by molar-refractivity contribution is -0.256. The molecule has 1 aliphatic heterocycles. The number of aliphatic hydroxyl groups excluding tert-OH is 2. The largest absolute Gasteiger partial charge is 0.459 e. The number of halogens is 1. The quantitative estimate of drug-likeness (QED) is 0.0540. The first-order valence-corrected chi connectivity index (χ1v) is 22.5. The number of allylic oxidation sites excluding steroid dienone is 1. The Labute approximate surface area is 376 Å². The Bertz CT molecular complexity index is 2100. The molecule has 3 aliphatic rings. The minimum absolute atomic E-state index is 0.0149. The van der Waals surface area contributed by atoms with E-state index in [2.05, 4.69) is 24.6 Å². The molecule has 12 nitrogen and oxygen atoms in total. The molecule has 1 saturated carbocycles. The molecule has 0 bridgehead atoms. The lowest BCUT2D eigenvalue weighted by Gasteiger charge is -2.60. The van der Waals surface area contributed by atoms with E-state index in [-0.39, 0.29) is 63.7 Å². The van der Waals surface area contributed by atoms with Crippen molar-refractivity contribution in [2.45, 2.75) is 109 Å². The van der Waals surface area contributed by atoms with Gasteiger partial charge in [0.1, 0.15) is 29.0 Å². The van der Waals surface area contributed by atoms with E-state index in [1.54, 1.807) is 41.3 Å². The van der Waals surface area contributed by atoms with Gasteiger partial charge >= 0.3 is 12.2 Å². The van der Waals surface area contributed by atoms with Crippen molar-refractivity contribution in [2.24, 2.45) is 22.9 Å². The summed E-state index contributed by atoms with van der Waals surface area (Å²) < 4.78 is 40.5. The number of amides is 2. The highest BCUT2D eigenvalue weighted by molar-refractivity contribution is 6.03. The summed E-state index contributed by atoms with van der Waals surface area (Å²) in [4.78, 5) is 35.7. The van der Waals surface area contributed by atoms with Crippen LogP contribution in [0.2, 0.25) is 0 Å². The number of ether oxygens (including phenoxy) is 4. The van der Waals surface area contributed by atoms with Crippen LogP contribution in [0, 0.1) is 23.6 Å². The average molecular weight is 882 g/mol. The molecule has 3 aromatic carbocycles. The first-order chi connectivity index (χ1) is 30.9. The topological polar surface area (TPSA) is 148 Å². The number of fused-ring (bicyclic) bond motifs is 2. The molecule has 0 aromatic heterocycles. The molecule has 3 N–H and O–H groups in total. The van der Waals surface area contributed by atoms with Crippen molar-refractivity contribution < 1.29 is 48.0 Å². The fraction of sp³-hybridized carbons (Fsp3) is 0.471. The first-order valence-electron chi connectivity index (χ1n) is 22.5. The Morgan fingerprint density at radius 1 is 0.969 bits per heavy atom. The van der Waals surface area contributed by atoms with Gasteiger partial charge in [0.2, 0.25) is 5.79 Å². The maximum Gasteiger partial charge on any atom is 0.412 e. The van der Waals surface area contributed by atoms with E-state index in [4.69, 9.17) is 28.9 Å². The zero-order valence-corrected chi connectivity index (χ0v) is 37.4. The van der Waals surface area contributed by atoms with Gasteiger partial charge in [-0.15, -0.1) is 13.2 Å². The second-order valence-corrected chi connectivity index (χ2v) is 17.7. The van der Waals surface area contributed by atoms with Gasteiger partial charge in [-0.3, -0.25) is 4.90 Å². The van der Waals surface area contributed by atoms with Crippen LogP contribution in [0.1, 0.15) is 94.7 Å². The summed E-state index contributed by atoms with van der Waals surface area (Å²) in [6, 6.07) is 20.0. The molecular formula is C51H64FN3O9. The average Bonchev–Trinajstić information content (AvgIpc) is 3.28. The monoisotopic (exact) mass is 881 g/mol. The maximum atomic E-state index is 14.6. The van der Waals surface area contributed by atoms with Crippen molar-refractivity contribution in [3.8, 4) is 11.5 Å². The second kappa shape index (κ2) is 22.4. The summed E-state index contributed by atoms with van der Waals surface area (Å²) >= 11 is 0. The summed E-state index contributed by atoms with van der Waals surface area (Å²) in [5, 5.41) is 27.6. The van der Waals surface area contributed by atoms with Gasteiger partial charge in [0.05, 0.1) is 24.8 Å². The standard InChI is InChI=1S/C51H64FN3O9/c1-6-8-29-60-49(59)55(34-36-20-22-38(52)23-21-36)45-32-43(54-64-50(3,4)5)41-30-37(18-12-14-26-56)40(19-13-15-27-57)46-42-31-39(62-48(58)53-33-35-16-10-9-11-17-35)24-25-44(42)63-51(45,47(41)46)61-28-7-2/h6-7,9-11,16-17,20-25,30-31,37,40,45-47,56-57H,1-2,8,12-15,18-19,26-29,32-34H2,3-5H3,(H,53,58). The zero-order valence-electron chi connectivity index (χ0n) is 37.4. The predicted octanol–water partition coefficient (Wildman–Crippen LogP) is 9.76. The molecule has 0 saturated heterocycles. The molecule has 2 amide bonds. The van der Waals surface area contributed by atoms with Crippen LogP contribution < -0.4 is 14.8 Å². The number of carbonyl (C=O) groups is 2. The molecule has 1 fully saturated rings. The zero-order chi connectivity index (χ0) is 45.7. The van der Waals surface area contributed by atoms with Gasteiger partial charge in [-0.25, -0.2) is 14.0 Å². The Morgan fingerprint density at radius 2 is 1.70 bits per heavy atom. The van der Waals surface area contributed by atoms with E-state index >= 15 is 0 Å². The van der Waals surface area contributed by atoms with Crippen molar-refractivity contribution in [1.29, 1.82) is 0 Å². The SMILES string of the molecule is C=CCCOC(=O)N(Cc1ccc(F)cc1)C1CC(=NOC(C)(C)C)C2=CC(CCCCO)C(CCCCO)C3c4cc(OC(=O)NCc5ccccc5)ccc4OC1(OCC=C)C23. The number of rotatable bonds is 21. The van der Waals surface area contributed by atoms with Gasteiger partial charge in [-0.05, 0) is 112 Å². The van der Waals surface area contributed by atoms with Crippen LogP contribution in [-0.4, -0.2) is 76.9 Å². The third-order valence-electron chi connectivity index (χ3n) is 12.0. The Balaban J connectivity index is 1.56. The number of oxime groups is 1. The lowest BCUT2D eigenvalue weighted by Crippen LogP contribution is -2.70. The fourth-order valence-corrected chi connectivity index (χ4v) is 9.22. The summed E-state index contributed by atoms with van der Waals surface area (Å²) in [6.07, 6.45) is 9.07. The molecule has 13 heteroatoms. The van der Waals surface area contributed by atoms with E-state index in [1.807, 2.05) is 57.2 Å². The molecule has 0 radical (unpaired) electrons. The predicted molar refractivity (Wildman–Crippen MR) is 243 cm³/mol. The van der Waals surface area contributed by atoms with Gasteiger partial charge in [-0.1, -0.05) is 78.7 Å². The minimum Gasteiger partial charge on any atom is -0.459 e. The van der Waals surface area contributed by atoms with E-state index in [0.29, 0.717) is 48.5 Å². The number of hydrogen-bond acceptors (Lipinski definition) is 10. The van der Waals surface area contributed by atoms with Crippen LogP contribution in [0.15, 0.2) is 115 Å². The number of hydrogen-bond donors (Lipinski definition) is 3. The van der Waals surface area contributed by atoms with E-state index in [9.17, 15) is 24.2 Å². The van der Waals surface area contributed by atoms with E-state index in [1.165, 1.54) is 12.1 Å². The molecular weight excluding hydrogens is 818 g/mol. The first kappa shape index (κ1) is 48.0. The molecule has 2 aliphatic carbocycles. The van der Waals surface area contributed by atoms with Gasteiger partial charge < -0.3 is 39.3 Å². The summed E-state index contributed by atoms with van der Waals surface area (Å²) in [5.74, 6) is -2.24. The maximum absolute atomic E-state index is 14.6. The number of aliphatic hydroxyl groups is 2. The summed E-state index contributed by atoms with van der Waals surface area (Å²) in [7, 11) is 0. The van der Waals surface area contributed by atoms with Crippen LogP contribution in [0.3, 0.4) is 0 Å². The van der Waals surface area contributed by atoms with Gasteiger partial charge in [0.15, 0.2) is 0 Å². The molecule has 6 rings (SSSR count). The van der Waals surface area contributed by atoms with Crippen molar-refractivity contribution in [3.63, 3.8) is 0 Å². The summed E-state index contributed by atoms with van der Waals surface area (Å²) in [5.41, 5.74) is 3.16. The van der Waals surface area contributed by atoms with Crippen LogP contribution in [0.5, 0.6) is 11.5 Å². The molecule has 6 unspecified atom stereocenters. The Morgan fingerprint density at radius 3 is 2.39 bits per heavy atom. The van der Waals surface area contributed by atoms with Gasteiger partial charge in [0, 0.05) is 44.2 Å². The third kappa shape index (κ3) is 11.8. The molecule has 64 heavy (non-hydrogen) atoms. The van der Waals surface area contributed by atoms with Gasteiger partial charge in [0.25, 0.3) is 0 Å². The molecule has 6 atom stereocenters. The number of carbonyl (C=O) groups excluding carboxylic acids is 2. The van der Waals surface area contributed by atoms with Crippen molar-refractivity contribution >= 4 is 17.9 Å².